The number of Topliss-reactive ketones (excluding diaryl/α,β-unsaturated/α-hetero) is 1. The smallest absolute Gasteiger partial charge is 0.200 e. The summed E-state index contributed by atoms with van der Waals surface area (Å²) in [6, 6.07) is 4.36. The Labute approximate surface area is 101 Å². The van der Waals surface area contributed by atoms with Crippen molar-refractivity contribution in [2.24, 2.45) is 5.92 Å². The number of ketones is 1. The lowest BCUT2D eigenvalue weighted by atomic mass is 10.1. The second-order valence-electron chi connectivity index (χ2n) is 3.90. The van der Waals surface area contributed by atoms with Gasteiger partial charge in [0.05, 0.1) is 9.86 Å². The van der Waals surface area contributed by atoms with E-state index in [0.717, 1.165) is 0 Å². The molecule has 1 heterocycles. The van der Waals surface area contributed by atoms with Crippen LogP contribution >= 0.6 is 15.9 Å². The van der Waals surface area contributed by atoms with Crippen molar-refractivity contribution >= 4 is 32.7 Å². The second kappa shape index (κ2) is 4.01. The number of hydrogen-bond donors (Lipinski definition) is 0. The van der Waals surface area contributed by atoms with Gasteiger partial charge in [-0.3, -0.25) is 4.79 Å². The summed E-state index contributed by atoms with van der Waals surface area (Å²) in [6.45, 7) is 3.56. The normalized spacial score (nSPS) is 11.3. The topological polar surface area (TPSA) is 30.2 Å². The zero-order valence-corrected chi connectivity index (χ0v) is 10.5. The van der Waals surface area contributed by atoms with Gasteiger partial charge in [0.15, 0.2) is 11.3 Å². The lowest BCUT2D eigenvalue weighted by Gasteiger charge is -1.98. The van der Waals surface area contributed by atoms with Crippen LogP contribution in [-0.2, 0) is 0 Å². The summed E-state index contributed by atoms with van der Waals surface area (Å²) in [6.07, 6.45) is 0. The van der Waals surface area contributed by atoms with Gasteiger partial charge in [0.1, 0.15) is 5.82 Å². The Bertz CT molecular complexity index is 518. The molecule has 0 bridgehead atoms. The number of rotatable bonds is 2. The molecule has 0 saturated carbocycles. The van der Waals surface area contributed by atoms with Gasteiger partial charge in [-0.05, 0) is 34.1 Å². The van der Waals surface area contributed by atoms with E-state index in [1.807, 2.05) is 0 Å². The molecule has 1 aromatic heterocycles. The van der Waals surface area contributed by atoms with E-state index in [4.69, 9.17) is 4.42 Å². The van der Waals surface area contributed by atoms with Crippen LogP contribution in [0.4, 0.5) is 4.39 Å². The molecule has 0 fully saturated rings. The van der Waals surface area contributed by atoms with E-state index in [0.29, 0.717) is 15.4 Å². The molecule has 0 aliphatic carbocycles. The van der Waals surface area contributed by atoms with Gasteiger partial charge in [0.25, 0.3) is 0 Å². The van der Waals surface area contributed by atoms with Crippen LogP contribution in [0.3, 0.4) is 0 Å². The second-order valence-corrected chi connectivity index (χ2v) is 4.76. The number of halogens is 2. The molecule has 0 amide bonds. The minimum Gasteiger partial charge on any atom is -0.452 e. The third-order valence-electron chi connectivity index (χ3n) is 2.35. The van der Waals surface area contributed by atoms with Gasteiger partial charge in [-0.1, -0.05) is 13.8 Å². The van der Waals surface area contributed by atoms with Crippen LogP contribution in [0.2, 0.25) is 0 Å². The zero-order valence-electron chi connectivity index (χ0n) is 8.88. The maximum atomic E-state index is 13.5. The Morgan fingerprint density at radius 1 is 1.44 bits per heavy atom. The van der Waals surface area contributed by atoms with E-state index in [1.165, 1.54) is 12.1 Å². The molecule has 2 nitrogen and oxygen atoms in total. The lowest BCUT2D eigenvalue weighted by molar-refractivity contribution is 0.0913. The highest BCUT2D eigenvalue weighted by molar-refractivity contribution is 9.10. The molecule has 84 valence electrons. The van der Waals surface area contributed by atoms with Gasteiger partial charge in [0, 0.05) is 5.92 Å². The predicted molar refractivity (Wildman–Crippen MR) is 63.0 cm³/mol. The van der Waals surface area contributed by atoms with Crippen molar-refractivity contribution in [2.45, 2.75) is 13.8 Å². The molecule has 0 aliphatic heterocycles. The highest BCUT2D eigenvalue weighted by Crippen LogP contribution is 2.30. The monoisotopic (exact) mass is 284 g/mol. The third-order valence-corrected chi connectivity index (χ3v) is 2.97. The molecule has 1 aromatic carbocycles. The van der Waals surface area contributed by atoms with Gasteiger partial charge >= 0.3 is 0 Å². The van der Waals surface area contributed by atoms with Crippen molar-refractivity contribution in [3.05, 3.63) is 34.2 Å². The largest absolute Gasteiger partial charge is 0.452 e. The zero-order chi connectivity index (χ0) is 11.9. The fourth-order valence-electron chi connectivity index (χ4n) is 1.46. The lowest BCUT2D eigenvalue weighted by Crippen LogP contribution is -2.05. The van der Waals surface area contributed by atoms with Crippen LogP contribution in [0.15, 0.2) is 27.1 Å². The molecule has 4 heteroatoms. The van der Waals surface area contributed by atoms with Gasteiger partial charge in [-0.2, -0.15) is 0 Å². The average molecular weight is 285 g/mol. The predicted octanol–water partition coefficient (Wildman–Crippen LogP) is 4.17. The average Bonchev–Trinajstić information content (AvgIpc) is 2.68. The molecule has 0 N–H and O–H groups in total. The summed E-state index contributed by atoms with van der Waals surface area (Å²) < 4.78 is 19.5. The number of fused-ring (bicyclic) bond motifs is 1. The van der Waals surface area contributed by atoms with Crippen molar-refractivity contribution in [1.82, 2.24) is 0 Å². The first-order valence-electron chi connectivity index (χ1n) is 4.92. The molecule has 0 atom stereocenters. The number of carbonyl (C=O) groups is 1. The molecule has 2 rings (SSSR count). The molecular weight excluding hydrogens is 275 g/mol. The quantitative estimate of drug-likeness (QED) is 0.775. The standard InChI is InChI=1S/C12H10BrFO2/c1-6(2)11(15)10-5-7-9(14)4-3-8(13)12(7)16-10/h3-6H,1-2H3. The van der Waals surface area contributed by atoms with Gasteiger partial charge in [-0.25, -0.2) is 4.39 Å². The molecule has 16 heavy (non-hydrogen) atoms. The van der Waals surface area contributed by atoms with Gasteiger partial charge in [0.2, 0.25) is 5.78 Å². The van der Waals surface area contributed by atoms with E-state index in [1.54, 1.807) is 19.9 Å². The van der Waals surface area contributed by atoms with Crippen LogP contribution in [0.25, 0.3) is 11.0 Å². The molecule has 0 unspecified atom stereocenters. The first kappa shape index (κ1) is 11.3. The van der Waals surface area contributed by atoms with Crippen LogP contribution in [-0.4, -0.2) is 5.78 Å². The van der Waals surface area contributed by atoms with Crippen molar-refractivity contribution in [3.8, 4) is 0 Å². The van der Waals surface area contributed by atoms with Gasteiger partial charge in [-0.15, -0.1) is 0 Å². The highest BCUT2D eigenvalue weighted by Gasteiger charge is 2.18. The van der Waals surface area contributed by atoms with Crippen LogP contribution < -0.4 is 0 Å². The molecule has 0 spiro atoms. The van der Waals surface area contributed by atoms with E-state index in [2.05, 4.69) is 15.9 Å². The van der Waals surface area contributed by atoms with Crippen LogP contribution in [0.5, 0.6) is 0 Å². The van der Waals surface area contributed by atoms with Crippen molar-refractivity contribution < 1.29 is 13.6 Å². The summed E-state index contributed by atoms with van der Waals surface area (Å²) in [5.41, 5.74) is 0.379. The SMILES string of the molecule is CC(C)C(=O)c1cc2c(F)ccc(Br)c2o1. The Balaban J connectivity index is 2.64. The number of carbonyl (C=O) groups excluding carboxylic acids is 1. The van der Waals surface area contributed by atoms with E-state index < -0.39 is 0 Å². The minimum absolute atomic E-state index is 0.123. The van der Waals surface area contributed by atoms with E-state index in [9.17, 15) is 9.18 Å². The summed E-state index contributed by atoms with van der Waals surface area (Å²) in [4.78, 5) is 11.7. The Morgan fingerprint density at radius 2 is 2.12 bits per heavy atom. The maximum Gasteiger partial charge on any atom is 0.200 e. The number of hydrogen-bond acceptors (Lipinski definition) is 2. The van der Waals surface area contributed by atoms with E-state index >= 15 is 0 Å². The molecule has 0 aliphatic rings. The molecule has 2 aromatic rings. The highest BCUT2D eigenvalue weighted by atomic mass is 79.9. The fourth-order valence-corrected chi connectivity index (χ4v) is 1.89. The van der Waals surface area contributed by atoms with Crippen molar-refractivity contribution in [2.75, 3.05) is 0 Å². The summed E-state index contributed by atoms with van der Waals surface area (Å²) in [5.74, 6) is -0.467. The molecular formula is C12H10BrFO2. The summed E-state index contributed by atoms with van der Waals surface area (Å²) >= 11 is 3.26. The summed E-state index contributed by atoms with van der Waals surface area (Å²) in [5, 5.41) is 0.332. The maximum absolute atomic E-state index is 13.5. The van der Waals surface area contributed by atoms with Gasteiger partial charge < -0.3 is 4.42 Å². The van der Waals surface area contributed by atoms with Crippen molar-refractivity contribution in [3.63, 3.8) is 0 Å². The van der Waals surface area contributed by atoms with Crippen LogP contribution in [0, 0.1) is 11.7 Å². The fraction of sp³-hybridized carbons (Fsp3) is 0.250. The molecule has 0 saturated heterocycles. The Hall–Kier alpha value is -1.16. The first-order chi connectivity index (χ1) is 7.50. The van der Waals surface area contributed by atoms with Crippen LogP contribution in [0.1, 0.15) is 24.4 Å². The number of furan rings is 1. The van der Waals surface area contributed by atoms with Crippen molar-refractivity contribution in [1.29, 1.82) is 0 Å². The first-order valence-corrected chi connectivity index (χ1v) is 5.71. The minimum atomic E-state index is -0.384. The van der Waals surface area contributed by atoms with E-state index in [-0.39, 0.29) is 23.3 Å². The summed E-state index contributed by atoms with van der Waals surface area (Å²) in [7, 11) is 0. The third kappa shape index (κ3) is 1.78. The Kier molecular flexibility index (Phi) is 2.84. The Morgan fingerprint density at radius 3 is 2.69 bits per heavy atom. The number of benzene rings is 1. The molecule has 0 radical (unpaired) electrons.